The first-order valence-corrected chi connectivity index (χ1v) is 5.13. The molecule has 1 rings (SSSR count). The van der Waals surface area contributed by atoms with Crippen LogP contribution in [-0.2, 0) is 4.74 Å². The van der Waals surface area contributed by atoms with Crippen molar-refractivity contribution in [3.05, 3.63) is 0 Å². The summed E-state index contributed by atoms with van der Waals surface area (Å²) in [6, 6.07) is 0. The Hall–Kier alpha value is -0.680. The SMILES string of the molecule is C#CC1(OC(=O)Cl)CCCC(C)(C)C1. The van der Waals surface area contributed by atoms with E-state index < -0.39 is 11.0 Å². The third-order valence-corrected chi connectivity index (χ3v) is 2.81. The summed E-state index contributed by atoms with van der Waals surface area (Å²) < 4.78 is 5.05. The molecule has 0 aromatic carbocycles. The molecule has 1 aliphatic carbocycles. The summed E-state index contributed by atoms with van der Waals surface area (Å²) in [4.78, 5) is 10.7. The van der Waals surface area contributed by atoms with E-state index in [1.807, 2.05) is 0 Å². The Labute approximate surface area is 90.0 Å². The van der Waals surface area contributed by atoms with Crippen LogP contribution in [0.25, 0.3) is 0 Å². The maximum atomic E-state index is 10.7. The van der Waals surface area contributed by atoms with Crippen molar-refractivity contribution in [2.75, 3.05) is 0 Å². The lowest BCUT2D eigenvalue weighted by Crippen LogP contribution is -2.40. The molecule has 0 amide bonds. The molecular weight excluding hydrogens is 200 g/mol. The minimum atomic E-state index is -0.805. The van der Waals surface area contributed by atoms with Crippen molar-refractivity contribution in [3.63, 3.8) is 0 Å². The molecule has 0 saturated heterocycles. The monoisotopic (exact) mass is 214 g/mol. The van der Waals surface area contributed by atoms with Gasteiger partial charge in [-0.1, -0.05) is 19.8 Å². The molecule has 0 bridgehead atoms. The first-order valence-electron chi connectivity index (χ1n) is 4.75. The molecule has 0 radical (unpaired) electrons. The van der Waals surface area contributed by atoms with E-state index in [0.29, 0.717) is 12.8 Å². The molecule has 0 aromatic rings. The molecule has 0 aromatic heterocycles. The fraction of sp³-hybridized carbons (Fsp3) is 0.727. The summed E-state index contributed by atoms with van der Waals surface area (Å²) in [5.74, 6) is 2.58. The second kappa shape index (κ2) is 3.82. The normalized spacial score (nSPS) is 30.4. The highest BCUT2D eigenvalue weighted by Gasteiger charge is 2.41. The topological polar surface area (TPSA) is 26.3 Å². The zero-order valence-electron chi connectivity index (χ0n) is 8.60. The van der Waals surface area contributed by atoms with Crippen LogP contribution in [0.3, 0.4) is 0 Å². The van der Waals surface area contributed by atoms with E-state index in [1.165, 1.54) is 0 Å². The second-order valence-electron chi connectivity index (χ2n) is 4.67. The minimum absolute atomic E-state index is 0.122. The second-order valence-corrected chi connectivity index (χ2v) is 4.98. The lowest BCUT2D eigenvalue weighted by Gasteiger charge is -2.40. The van der Waals surface area contributed by atoms with Crippen LogP contribution in [-0.4, -0.2) is 11.0 Å². The molecule has 78 valence electrons. The summed E-state index contributed by atoms with van der Waals surface area (Å²) in [5, 5.41) is 0. The first kappa shape index (κ1) is 11.4. The molecule has 1 fully saturated rings. The molecule has 3 heteroatoms. The molecule has 14 heavy (non-hydrogen) atoms. The van der Waals surface area contributed by atoms with Crippen molar-refractivity contribution >= 4 is 17.0 Å². The van der Waals surface area contributed by atoms with Crippen LogP contribution < -0.4 is 0 Å². The van der Waals surface area contributed by atoms with E-state index in [4.69, 9.17) is 22.8 Å². The van der Waals surface area contributed by atoms with Gasteiger partial charge in [-0.05, 0) is 24.7 Å². The summed E-state index contributed by atoms with van der Waals surface area (Å²) in [5.41, 5.74) is -1.46. The summed E-state index contributed by atoms with van der Waals surface area (Å²) in [6.07, 6.45) is 8.91. The number of ether oxygens (including phenoxy) is 1. The van der Waals surface area contributed by atoms with Gasteiger partial charge in [0.2, 0.25) is 0 Å². The smallest absolute Gasteiger partial charge is 0.405 e. The van der Waals surface area contributed by atoms with E-state index in [-0.39, 0.29) is 5.41 Å². The van der Waals surface area contributed by atoms with E-state index in [1.54, 1.807) is 0 Å². The van der Waals surface area contributed by atoms with Crippen molar-refractivity contribution < 1.29 is 9.53 Å². The van der Waals surface area contributed by atoms with Crippen molar-refractivity contribution in [1.29, 1.82) is 0 Å². The molecule has 0 aliphatic heterocycles. The quantitative estimate of drug-likeness (QED) is 0.494. The molecule has 1 aliphatic rings. The van der Waals surface area contributed by atoms with E-state index in [9.17, 15) is 4.79 Å². The van der Waals surface area contributed by atoms with Crippen LogP contribution in [0.15, 0.2) is 0 Å². The van der Waals surface area contributed by atoms with Crippen LogP contribution in [0.2, 0.25) is 0 Å². The summed E-state index contributed by atoms with van der Waals surface area (Å²) in [6.45, 7) is 4.25. The van der Waals surface area contributed by atoms with Crippen LogP contribution in [0.5, 0.6) is 0 Å². The Kier molecular flexibility index (Phi) is 3.11. The summed E-state index contributed by atoms with van der Waals surface area (Å²) >= 11 is 5.22. The van der Waals surface area contributed by atoms with Crippen LogP contribution in [0, 0.1) is 17.8 Å². The maximum absolute atomic E-state index is 10.7. The van der Waals surface area contributed by atoms with Gasteiger partial charge < -0.3 is 4.74 Å². The highest BCUT2D eigenvalue weighted by atomic mass is 35.5. The van der Waals surface area contributed by atoms with E-state index >= 15 is 0 Å². The van der Waals surface area contributed by atoms with Crippen molar-refractivity contribution in [3.8, 4) is 12.3 Å². The standard InChI is InChI=1S/C11H15ClO2/c1-4-11(14-9(12)13)7-5-6-10(2,3)8-11/h1H,5-8H2,2-3H3. The van der Waals surface area contributed by atoms with Crippen molar-refractivity contribution in [2.24, 2.45) is 5.41 Å². The predicted molar refractivity (Wildman–Crippen MR) is 56.1 cm³/mol. The minimum Gasteiger partial charge on any atom is -0.434 e. The van der Waals surface area contributed by atoms with Gasteiger partial charge in [0.25, 0.3) is 0 Å². The zero-order chi connectivity index (χ0) is 10.8. The number of halogens is 1. The van der Waals surface area contributed by atoms with Gasteiger partial charge in [-0.15, -0.1) is 6.42 Å². The number of rotatable bonds is 1. The molecule has 0 spiro atoms. The average Bonchev–Trinajstić information content (AvgIpc) is 2.01. The van der Waals surface area contributed by atoms with Crippen molar-refractivity contribution in [1.82, 2.24) is 0 Å². The Morgan fingerprint density at radius 2 is 2.14 bits per heavy atom. The van der Waals surface area contributed by atoms with E-state index in [0.717, 1.165) is 12.8 Å². The van der Waals surface area contributed by atoms with Crippen LogP contribution >= 0.6 is 11.6 Å². The first-order chi connectivity index (χ1) is 6.39. The third kappa shape index (κ3) is 2.65. The number of terminal acetylenes is 1. The molecule has 1 unspecified atom stereocenters. The molecule has 1 saturated carbocycles. The fourth-order valence-corrected chi connectivity index (χ4v) is 2.34. The van der Waals surface area contributed by atoms with Gasteiger partial charge in [0.15, 0.2) is 5.60 Å². The predicted octanol–water partition coefficient (Wildman–Crippen LogP) is 3.33. The Balaban J connectivity index is 2.80. The lowest BCUT2D eigenvalue weighted by atomic mass is 9.70. The van der Waals surface area contributed by atoms with Gasteiger partial charge in [-0.25, -0.2) is 4.79 Å². The summed E-state index contributed by atoms with van der Waals surface area (Å²) in [7, 11) is 0. The third-order valence-electron chi connectivity index (χ3n) is 2.74. The molecule has 1 atom stereocenters. The Bertz CT molecular complexity index is 278. The lowest BCUT2D eigenvalue weighted by molar-refractivity contribution is 0.00229. The molecule has 0 heterocycles. The Morgan fingerprint density at radius 1 is 1.50 bits per heavy atom. The number of hydrogen-bond acceptors (Lipinski definition) is 2. The highest BCUT2D eigenvalue weighted by Crippen LogP contribution is 2.42. The Morgan fingerprint density at radius 3 is 2.57 bits per heavy atom. The van der Waals surface area contributed by atoms with Gasteiger partial charge in [-0.3, -0.25) is 0 Å². The highest BCUT2D eigenvalue weighted by molar-refractivity contribution is 6.61. The van der Waals surface area contributed by atoms with Gasteiger partial charge in [0.1, 0.15) is 0 Å². The van der Waals surface area contributed by atoms with Gasteiger partial charge in [-0.2, -0.15) is 0 Å². The molecule has 0 N–H and O–H groups in total. The van der Waals surface area contributed by atoms with Gasteiger partial charge in [0, 0.05) is 18.0 Å². The number of hydrogen-bond donors (Lipinski definition) is 0. The molecular formula is C11H15ClO2. The van der Waals surface area contributed by atoms with Gasteiger partial charge >= 0.3 is 5.43 Å². The molecule has 2 nitrogen and oxygen atoms in total. The fourth-order valence-electron chi connectivity index (χ4n) is 2.20. The van der Waals surface area contributed by atoms with Crippen LogP contribution in [0.1, 0.15) is 39.5 Å². The maximum Gasteiger partial charge on any atom is 0.405 e. The zero-order valence-corrected chi connectivity index (χ0v) is 9.36. The average molecular weight is 215 g/mol. The number of carbonyl (C=O) groups is 1. The van der Waals surface area contributed by atoms with Crippen molar-refractivity contribution in [2.45, 2.75) is 45.1 Å². The van der Waals surface area contributed by atoms with E-state index in [2.05, 4.69) is 19.8 Å². The van der Waals surface area contributed by atoms with Crippen LogP contribution in [0.4, 0.5) is 4.79 Å². The van der Waals surface area contributed by atoms with Gasteiger partial charge in [0.05, 0.1) is 0 Å². The number of carbonyl (C=O) groups excluding carboxylic acids is 1. The largest absolute Gasteiger partial charge is 0.434 e.